The lowest BCUT2D eigenvalue weighted by molar-refractivity contribution is -0.115. The number of amides is 1. The lowest BCUT2D eigenvalue weighted by Crippen LogP contribution is -2.12. The van der Waals surface area contributed by atoms with E-state index in [-0.39, 0.29) is 5.91 Å². The molecule has 124 valence electrons. The number of anilines is 1. The molecule has 0 spiro atoms. The molecule has 24 heavy (non-hydrogen) atoms. The van der Waals surface area contributed by atoms with Gasteiger partial charge in [0.15, 0.2) is 0 Å². The molecule has 0 aliphatic rings. The number of aryl methyl sites for hydroxylation is 3. The van der Waals surface area contributed by atoms with Gasteiger partial charge in [0, 0.05) is 28.1 Å². The van der Waals surface area contributed by atoms with E-state index in [0.717, 1.165) is 26.8 Å². The molecule has 0 atom stereocenters. The van der Waals surface area contributed by atoms with Crippen LogP contribution in [0.1, 0.15) is 22.7 Å². The highest BCUT2D eigenvalue weighted by molar-refractivity contribution is 7.99. The van der Waals surface area contributed by atoms with Crippen molar-refractivity contribution in [3.63, 3.8) is 0 Å². The van der Waals surface area contributed by atoms with Crippen LogP contribution in [0.25, 0.3) is 10.2 Å². The van der Waals surface area contributed by atoms with Crippen LogP contribution in [0.2, 0.25) is 0 Å². The molecule has 2 heterocycles. The summed E-state index contributed by atoms with van der Waals surface area (Å²) in [4.78, 5) is 23.5. The first-order valence-electron chi connectivity index (χ1n) is 7.76. The van der Waals surface area contributed by atoms with Crippen LogP contribution in [0, 0.1) is 20.8 Å². The van der Waals surface area contributed by atoms with Crippen LogP contribution in [0.15, 0.2) is 35.4 Å². The minimum Gasteiger partial charge on any atom is -0.326 e. The second-order valence-corrected chi connectivity index (χ2v) is 7.84. The van der Waals surface area contributed by atoms with E-state index in [1.54, 1.807) is 23.1 Å². The molecule has 0 fully saturated rings. The fraction of sp³-hybridized carbons (Fsp3) is 0.278. The standard InChI is InChI=1S/C18H19N3OS2/c1-11-12(2)24-18-16(11)17(19-13(3)20-18)23-10-9-15(22)21-14-7-5-4-6-8-14/h4-8H,9-10H2,1-3H3,(H,21,22). The number of carbonyl (C=O) groups is 1. The highest BCUT2D eigenvalue weighted by Gasteiger charge is 2.14. The Hall–Kier alpha value is -1.92. The summed E-state index contributed by atoms with van der Waals surface area (Å²) in [6, 6.07) is 9.53. The van der Waals surface area contributed by atoms with E-state index in [4.69, 9.17) is 0 Å². The van der Waals surface area contributed by atoms with Crippen molar-refractivity contribution in [2.45, 2.75) is 32.2 Å². The van der Waals surface area contributed by atoms with Gasteiger partial charge >= 0.3 is 0 Å². The summed E-state index contributed by atoms with van der Waals surface area (Å²) in [6.07, 6.45) is 0.451. The quantitative estimate of drug-likeness (QED) is 0.529. The Kier molecular flexibility index (Phi) is 5.16. The number of thiophene rings is 1. The maximum Gasteiger partial charge on any atom is 0.225 e. The first-order valence-corrected chi connectivity index (χ1v) is 9.57. The fourth-order valence-electron chi connectivity index (χ4n) is 2.40. The summed E-state index contributed by atoms with van der Waals surface area (Å²) >= 11 is 3.33. The first-order chi connectivity index (χ1) is 11.5. The molecule has 0 saturated carbocycles. The number of nitrogens with zero attached hydrogens (tertiary/aromatic N) is 2. The van der Waals surface area contributed by atoms with E-state index in [0.29, 0.717) is 12.2 Å². The highest BCUT2D eigenvalue weighted by Crippen LogP contribution is 2.35. The molecular formula is C18H19N3OS2. The number of benzene rings is 1. The molecule has 2 aromatic heterocycles. The number of carbonyl (C=O) groups excluding carboxylic acids is 1. The molecule has 0 bridgehead atoms. The second-order valence-electron chi connectivity index (χ2n) is 5.55. The number of fused-ring (bicyclic) bond motifs is 1. The van der Waals surface area contributed by atoms with Crippen molar-refractivity contribution in [2.24, 2.45) is 0 Å². The third kappa shape index (κ3) is 3.76. The van der Waals surface area contributed by atoms with Crippen molar-refractivity contribution in [1.29, 1.82) is 0 Å². The van der Waals surface area contributed by atoms with Gasteiger partial charge < -0.3 is 5.32 Å². The molecule has 1 N–H and O–H groups in total. The monoisotopic (exact) mass is 357 g/mol. The molecule has 3 rings (SSSR count). The van der Waals surface area contributed by atoms with Crippen LogP contribution in [0.5, 0.6) is 0 Å². The van der Waals surface area contributed by atoms with E-state index in [1.165, 1.54) is 10.4 Å². The zero-order valence-electron chi connectivity index (χ0n) is 13.9. The Balaban J connectivity index is 1.66. The van der Waals surface area contributed by atoms with E-state index in [9.17, 15) is 4.79 Å². The minimum atomic E-state index is 0.0222. The zero-order chi connectivity index (χ0) is 17.1. The van der Waals surface area contributed by atoms with Crippen LogP contribution >= 0.6 is 23.1 Å². The summed E-state index contributed by atoms with van der Waals surface area (Å²) in [6.45, 7) is 6.13. The number of para-hydroxylation sites is 1. The SMILES string of the molecule is Cc1nc(SCCC(=O)Nc2ccccc2)c2c(C)c(C)sc2n1. The largest absolute Gasteiger partial charge is 0.326 e. The number of nitrogens with one attached hydrogen (secondary N) is 1. The van der Waals surface area contributed by atoms with Crippen molar-refractivity contribution in [3.8, 4) is 0 Å². The van der Waals surface area contributed by atoms with Gasteiger partial charge in [0.25, 0.3) is 0 Å². The Labute approximate surface area is 149 Å². The summed E-state index contributed by atoms with van der Waals surface area (Å²) in [7, 11) is 0. The number of hydrogen-bond donors (Lipinski definition) is 1. The van der Waals surface area contributed by atoms with E-state index in [2.05, 4.69) is 29.1 Å². The van der Waals surface area contributed by atoms with Gasteiger partial charge in [-0.1, -0.05) is 18.2 Å². The zero-order valence-corrected chi connectivity index (χ0v) is 15.6. The molecule has 6 heteroatoms. The number of thioether (sulfide) groups is 1. The predicted molar refractivity (Wildman–Crippen MR) is 102 cm³/mol. The van der Waals surface area contributed by atoms with Crippen molar-refractivity contribution in [3.05, 3.63) is 46.6 Å². The van der Waals surface area contributed by atoms with Crippen molar-refractivity contribution in [1.82, 2.24) is 9.97 Å². The van der Waals surface area contributed by atoms with Crippen molar-refractivity contribution >= 4 is 44.9 Å². The number of aromatic nitrogens is 2. The molecular weight excluding hydrogens is 338 g/mol. The molecule has 0 aliphatic heterocycles. The normalized spacial score (nSPS) is 11.0. The van der Waals surface area contributed by atoms with Crippen molar-refractivity contribution in [2.75, 3.05) is 11.1 Å². The van der Waals surface area contributed by atoms with E-state index >= 15 is 0 Å². The minimum absolute atomic E-state index is 0.0222. The van der Waals surface area contributed by atoms with Crippen LogP contribution in [-0.4, -0.2) is 21.6 Å². The van der Waals surface area contributed by atoms with Gasteiger partial charge in [0.2, 0.25) is 5.91 Å². The van der Waals surface area contributed by atoms with Gasteiger partial charge in [-0.2, -0.15) is 0 Å². The summed E-state index contributed by atoms with van der Waals surface area (Å²) in [5.74, 6) is 1.49. The Morgan fingerprint density at radius 1 is 1.17 bits per heavy atom. The second kappa shape index (κ2) is 7.32. The van der Waals surface area contributed by atoms with E-state index in [1.807, 2.05) is 37.3 Å². The average molecular weight is 358 g/mol. The van der Waals surface area contributed by atoms with Gasteiger partial charge in [-0.15, -0.1) is 23.1 Å². The van der Waals surface area contributed by atoms with Gasteiger partial charge in [0.1, 0.15) is 15.7 Å². The Morgan fingerprint density at radius 2 is 1.92 bits per heavy atom. The fourth-order valence-corrected chi connectivity index (χ4v) is 4.62. The third-order valence-corrected chi connectivity index (χ3v) is 5.81. The Morgan fingerprint density at radius 3 is 2.67 bits per heavy atom. The summed E-state index contributed by atoms with van der Waals surface area (Å²) in [5, 5.41) is 5.02. The highest BCUT2D eigenvalue weighted by atomic mass is 32.2. The molecule has 4 nitrogen and oxygen atoms in total. The lowest BCUT2D eigenvalue weighted by atomic mass is 10.2. The predicted octanol–water partition coefficient (Wildman–Crippen LogP) is 4.74. The number of rotatable bonds is 5. The molecule has 1 amide bonds. The van der Waals surface area contributed by atoms with Gasteiger partial charge in [-0.05, 0) is 38.5 Å². The molecule has 1 aromatic carbocycles. The van der Waals surface area contributed by atoms with Gasteiger partial charge in [-0.3, -0.25) is 4.79 Å². The van der Waals surface area contributed by atoms with Gasteiger partial charge in [0.05, 0.1) is 0 Å². The van der Waals surface area contributed by atoms with Crippen LogP contribution in [0.4, 0.5) is 5.69 Å². The summed E-state index contributed by atoms with van der Waals surface area (Å²) < 4.78 is 0. The maximum absolute atomic E-state index is 12.0. The van der Waals surface area contributed by atoms with Crippen LogP contribution < -0.4 is 5.32 Å². The topological polar surface area (TPSA) is 54.9 Å². The molecule has 0 saturated heterocycles. The third-order valence-electron chi connectivity index (χ3n) is 3.73. The first kappa shape index (κ1) is 16.9. The molecule has 0 aliphatic carbocycles. The lowest BCUT2D eigenvalue weighted by Gasteiger charge is -2.06. The van der Waals surface area contributed by atoms with E-state index < -0.39 is 0 Å². The molecule has 0 radical (unpaired) electrons. The van der Waals surface area contributed by atoms with Crippen molar-refractivity contribution < 1.29 is 4.79 Å². The van der Waals surface area contributed by atoms with Gasteiger partial charge in [-0.25, -0.2) is 9.97 Å². The molecule has 0 unspecified atom stereocenters. The summed E-state index contributed by atoms with van der Waals surface area (Å²) in [5.41, 5.74) is 2.07. The average Bonchev–Trinajstić information content (AvgIpc) is 2.82. The van der Waals surface area contributed by atoms with Crippen LogP contribution in [-0.2, 0) is 4.79 Å². The Bertz CT molecular complexity index is 875. The number of hydrogen-bond acceptors (Lipinski definition) is 5. The maximum atomic E-state index is 12.0. The van der Waals surface area contributed by atoms with Crippen LogP contribution in [0.3, 0.4) is 0 Å². The molecule has 3 aromatic rings. The smallest absolute Gasteiger partial charge is 0.225 e.